The molecule has 196 valence electrons. The molecule has 0 amide bonds. The van der Waals surface area contributed by atoms with Crippen LogP contribution in [0.1, 0.15) is 24.0 Å². The van der Waals surface area contributed by atoms with Crippen molar-refractivity contribution < 1.29 is 25.9 Å². The van der Waals surface area contributed by atoms with Crippen molar-refractivity contribution in [3.05, 3.63) is 94.2 Å². The van der Waals surface area contributed by atoms with Crippen LogP contribution in [-0.4, -0.2) is 45.6 Å². The summed E-state index contributed by atoms with van der Waals surface area (Å²) in [7, 11) is -4.03. The molecule has 0 spiro atoms. The Bertz CT molecular complexity index is 1330. The molecule has 1 atom stereocenters. The quantitative estimate of drug-likeness (QED) is 0.121. The predicted octanol–water partition coefficient (Wildman–Crippen LogP) is 6.13. The van der Waals surface area contributed by atoms with Crippen LogP contribution in [0, 0.1) is 0 Å². The topological polar surface area (TPSA) is 107 Å². The predicted molar refractivity (Wildman–Crippen MR) is 153 cm³/mol. The lowest BCUT2D eigenvalue weighted by atomic mass is 9.91. The Morgan fingerprint density at radius 3 is 1.97 bits per heavy atom. The molecule has 0 bridgehead atoms. The summed E-state index contributed by atoms with van der Waals surface area (Å²) in [6.45, 7) is 0.0914. The van der Waals surface area contributed by atoms with Gasteiger partial charge in [-0.3, -0.25) is 4.55 Å². The number of rotatable bonds is 12. The van der Waals surface area contributed by atoms with Gasteiger partial charge in [-0.1, -0.05) is 54.6 Å². The summed E-state index contributed by atoms with van der Waals surface area (Å²) < 4.78 is 58.7. The zero-order valence-electron chi connectivity index (χ0n) is 19.8. The van der Waals surface area contributed by atoms with E-state index in [0.29, 0.717) is 24.3 Å². The van der Waals surface area contributed by atoms with Gasteiger partial charge in [-0.2, -0.15) is 8.42 Å². The van der Waals surface area contributed by atoms with Crippen molar-refractivity contribution in [3.63, 3.8) is 0 Å². The highest BCUT2D eigenvalue weighted by Crippen LogP contribution is 2.52. The summed E-state index contributed by atoms with van der Waals surface area (Å²) in [6, 6.07) is 26.5. The SMILES string of the molecule is O=S([O-])OCCCSC(SCCCS(=O)(=O)O)=C1c2ccccc2N(c2ccccc2)c2ccccc21. The van der Waals surface area contributed by atoms with Gasteiger partial charge in [0.1, 0.15) is 0 Å². The van der Waals surface area contributed by atoms with Crippen molar-refractivity contribution in [1.29, 1.82) is 0 Å². The molecule has 37 heavy (non-hydrogen) atoms. The number of hydrogen-bond donors (Lipinski definition) is 1. The molecular weight excluding hydrogens is 551 g/mol. The number of hydrogen-bond acceptors (Lipinski definition) is 8. The van der Waals surface area contributed by atoms with Crippen LogP contribution in [0.4, 0.5) is 17.1 Å². The van der Waals surface area contributed by atoms with Crippen LogP contribution < -0.4 is 4.90 Å². The molecule has 1 aliphatic rings. The molecule has 3 aromatic carbocycles. The molecule has 0 saturated carbocycles. The Morgan fingerprint density at radius 1 is 0.865 bits per heavy atom. The molecular formula is C26H26NO6S4-. The molecule has 11 heteroatoms. The fraction of sp³-hybridized carbons (Fsp3) is 0.231. The van der Waals surface area contributed by atoms with Gasteiger partial charge < -0.3 is 13.6 Å². The van der Waals surface area contributed by atoms with Crippen LogP contribution in [0.15, 0.2) is 83.1 Å². The second-order valence-corrected chi connectivity index (χ2v) is 12.8. The first-order valence-electron chi connectivity index (χ1n) is 11.6. The van der Waals surface area contributed by atoms with Crippen LogP contribution in [0.25, 0.3) is 5.57 Å². The van der Waals surface area contributed by atoms with Gasteiger partial charge in [-0.05, 0) is 42.9 Å². The Morgan fingerprint density at radius 2 is 1.41 bits per heavy atom. The molecule has 0 saturated heterocycles. The van der Waals surface area contributed by atoms with Gasteiger partial charge in [-0.15, -0.1) is 23.5 Å². The summed E-state index contributed by atoms with van der Waals surface area (Å²) >= 11 is 0.593. The fourth-order valence-electron chi connectivity index (χ4n) is 4.05. The molecule has 4 rings (SSSR count). The maximum atomic E-state index is 11.2. The van der Waals surface area contributed by atoms with Gasteiger partial charge in [0, 0.05) is 32.4 Å². The minimum atomic E-state index is -4.03. The van der Waals surface area contributed by atoms with Crippen molar-refractivity contribution in [2.45, 2.75) is 12.8 Å². The fourth-order valence-corrected chi connectivity index (χ4v) is 7.48. The van der Waals surface area contributed by atoms with E-state index >= 15 is 0 Å². The summed E-state index contributed by atoms with van der Waals surface area (Å²) in [5.74, 6) is 0.818. The van der Waals surface area contributed by atoms with Crippen molar-refractivity contribution in [3.8, 4) is 0 Å². The number of benzene rings is 3. The third kappa shape index (κ3) is 7.47. The third-order valence-corrected chi connectivity index (χ3v) is 9.32. The number of fused-ring (bicyclic) bond motifs is 2. The largest absolute Gasteiger partial charge is 0.750 e. The Labute approximate surface area is 228 Å². The summed E-state index contributed by atoms with van der Waals surface area (Å²) in [5.41, 5.74) is 6.25. The molecule has 0 fully saturated rings. The molecule has 1 heterocycles. The Hall–Kier alpha value is -2.12. The van der Waals surface area contributed by atoms with Gasteiger partial charge in [-0.25, -0.2) is 4.21 Å². The lowest BCUT2D eigenvalue weighted by Crippen LogP contribution is -2.18. The first kappa shape index (κ1) is 27.9. The molecule has 0 aliphatic carbocycles. The standard InChI is InChI=1S/C26H27NO6S4/c28-36(29)33-16-8-17-34-26(35-18-9-19-37(30,31)32)25-21-12-4-6-14-23(21)27(20-10-2-1-3-11-20)24-15-7-5-13-22(24)25/h1-7,10-15H,8-9,16-19H2,(H,28,29)(H,30,31,32)/p-1. The van der Waals surface area contributed by atoms with Gasteiger partial charge in [0.05, 0.1) is 35.1 Å². The van der Waals surface area contributed by atoms with E-state index in [-0.39, 0.29) is 12.4 Å². The van der Waals surface area contributed by atoms with E-state index in [4.69, 9.17) is 4.55 Å². The van der Waals surface area contributed by atoms with E-state index in [1.165, 1.54) is 0 Å². The lowest BCUT2D eigenvalue weighted by Gasteiger charge is -2.35. The number of anilines is 3. The smallest absolute Gasteiger partial charge is 0.264 e. The molecule has 1 aliphatic heterocycles. The highest BCUT2D eigenvalue weighted by atomic mass is 32.2. The normalized spacial score (nSPS) is 13.7. The van der Waals surface area contributed by atoms with Gasteiger partial charge in [0.15, 0.2) is 0 Å². The van der Waals surface area contributed by atoms with Gasteiger partial charge >= 0.3 is 0 Å². The van der Waals surface area contributed by atoms with Crippen molar-refractivity contribution >= 4 is 67.6 Å². The number of nitrogens with zero attached hydrogens (tertiary/aromatic N) is 1. The minimum Gasteiger partial charge on any atom is -0.750 e. The highest BCUT2D eigenvalue weighted by Gasteiger charge is 2.29. The maximum Gasteiger partial charge on any atom is 0.264 e. The van der Waals surface area contributed by atoms with E-state index in [1.54, 1.807) is 23.5 Å². The Kier molecular flexibility index (Phi) is 9.88. The van der Waals surface area contributed by atoms with E-state index in [2.05, 4.69) is 45.5 Å². The van der Waals surface area contributed by atoms with Crippen molar-refractivity contribution in [2.24, 2.45) is 0 Å². The summed E-state index contributed by atoms with van der Waals surface area (Å²) in [5, 5.41) is 0. The second-order valence-electron chi connectivity index (χ2n) is 8.08. The average molecular weight is 577 g/mol. The zero-order chi connectivity index (χ0) is 26.3. The minimum absolute atomic E-state index is 0.0914. The zero-order valence-corrected chi connectivity index (χ0v) is 23.1. The first-order valence-corrected chi connectivity index (χ1v) is 16.1. The molecule has 1 N–H and O–H groups in total. The van der Waals surface area contributed by atoms with Gasteiger partial charge in [0.25, 0.3) is 10.1 Å². The van der Waals surface area contributed by atoms with Crippen LogP contribution in [0.5, 0.6) is 0 Å². The van der Waals surface area contributed by atoms with Crippen LogP contribution in [-0.2, 0) is 25.7 Å². The molecule has 3 aromatic rings. The first-order chi connectivity index (χ1) is 17.8. The van der Waals surface area contributed by atoms with Crippen LogP contribution in [0.2, 0.25) is 0 Å². The molecule has 1 unspecified atom stereocenters. The highest BCUT2D eigenvalue weighted by molar-refractivity contribution is 8.22. The number of para-hydroxylation sites is 3. The van der Waals surface area contributed by atoms with Gasteiger partial charge in [0.2, 0.25) is 0 Å². The lowest BCUT2D eigenvalue weighted by molar-refractivity contribution is 0.301. The summed E-state index contributed by atoms with van der Waals surface area (Å²) in [6.07, 6.45) is 0.832. The van der Waals surface area contributed by atoms with Crippen LogP contribution >= 0.6 is 23.5 Å². The van der Waals surface area contributed by atoms with E-state index < -0.39 is 21.5 Å². The molecule has 7 nitrogen and oxygen atoms in total. The van der Waals surface area contributed by atoms with E-state index in [1.807, 2.05) is 42.5 Å². The average Bonchev–Trinajstić information content (AvgIpc) is 2.88. The molecule has 0 aromatic heterocycles. The van der Waals surface area contributed by atoms with Crippen molar-refractivity contribution in [2.75, 3.05) is 28.8 Å². The van der Waals surface area contributed by atoms with Crippen LogP contribution in [0.3, 0.4) is 0 Å². The van der Waals surface area contributed by atoms with E-state index in [0.717, 1.165) is 38.0 Å². The monoisotopic (exact) mass is 576 g/mol. The second kappa shape index (κ2) is 13.1. The molecule has 0 radical (unpaired) electrons. The Balaban J connectivity index is 1.75. The van der Waals surface area contributed by atoms with Crippen molar-refractivity contribution in [1.82, 2.24) is 0 Å². The third-order valence-electron chi connectivity index (χ3n) is 5.53. The number of thioether (sulfide) groups is 2. The maximum absolute atomic E-state index is 11.2. The summed E-state index contributed by atoms with van der Waals surface area (Å²) in [4.78, 5) is 2.23. The van der Waals surface area contributed by atoms with E-state index in [9.17, 15) is 17.2 Å².